The fraction of sp³-hybridized carbons (Fsp3) is 1.00. The van der Waals surface area contributed by atoms with Gasteiger partial charge < -0.3 is 15.0 Å². The Hall–Kier alpha value is -0.120. The molecule has 2 heterocycles. The summed E-state index contributed by atoms with van der Waals surface area (Å²) in [6, 6.07) is 0.447. The van der Waals surface area contributed by atoms with E-state index in [-0.39, 0.29) is 11.2 Å². The van der Waals surface area contributed by atoms with E-state index in [1.54, 1.807) is 0 Å². The summed E-state index contributed by atoms with van der Waals surface area (Å²) in [5, 5.41) is 3.69. The topological polar surface area (TPSA) is 24.5 Å². The number of likely N-dealkylation sites (tertiary alicyclic amines) is 1. The molecule has 0 amide bonds. The quantitative estimate of drug-likeness (QED) is 0.839. The van der Waals surface area contributed by atoms with Gasteiger partial charge in [0.25, 0.3) is 0 Å². The molecule has 2 aliphatic rings. The van der Waals surface area contributed by atoms with Crippen molar-refractivity contribution in [2.75, 3.05) is 26.2 Å². The molecule has 2 fully saturated rings. The van der Waals surface area contributed by atoms with Gasteiger partial charge >= 0.3 is 0 Å². The highest BCUT2D eigenvalue weighted by atomic mass is 16.5. The Morgan fingerprint density at radius 3 is 2.40 bits per heavy atom. The summed E-state index contributed by atoms with van der Waals surface area (Å²) in [4.78, 5) is 2.66. The molecular weight excluding hydrogens is 248 g/mol. The first-order valence-corrected chi connectivity index (χ1v) is 8.46. The van der Waals surface area contributed by atoms with Crippen LogP contribution in [-0.4, -0.2) is 48.3 Å². The van der Waals surface area contributed by atoms with E-state index >= 15 is 0 Å². The molecule has 0 aliphatic carbocycles. The van der Waals surface area contributed by atoms with Crippen LogP contribution in [0.2, 0.25) is 0 Å². The van der Waals surface area contributed by atoms with Crippen LogP contribution in [-0.2, 0) is 4.74 Å². The molecule has 3 nitrogen and oxygen atoms in total. The van der Waals surface area contributed by atoms with Crippen LogP contribution in [0.5, 0.6) is 0 Å². The SMILES string of the molecule is CCNC1C(CN2CCC(CC)C2)C(C)(C)OC1(C)C. The maximum absolute atomic E-state index is 6.39. The van der Waals surface area contributed by atoms with Crippen molar-refractivity contribution >= 4 is 0 Å². The maximum Gasteiger partial charge on any atom is 0.0790 e. The molecule has 3 unspecified atom stereocenters. The monoisotopic (exact) mass is 282 g/mol. The lowest BCUT2D eigenvalue weighted by atomic mass is 9.82. The Morgan fingerprint density at radius 2 is 1.85 bits per heavy atom. The molecule has 2 aliphatic heterocycles. The Balaban J connectivity index is 2.07. The molecule has 3 heteroatoms. The zero-order valence-corrected chi connectivity index (χ0v) is 14.3. The minimum atomic E-state index is -0.0753. The van der Waals surface area contributed by atoms with Crippen LogP contribution in [0.3, 0.4) is 0 Å². The number of ether oxygens (including phenoxy) is 1. The van der Waals surface area contributed by atoms with Gasteiger partial charge in [-0.2, -0.15) is 0 Å². The zero-order valence-electron chi connectivity index (χ0n) is 14.3. The number of rotatable bonds is 5. The highest BCUT2D eigenvalue weighted by molar-refractivity contribution is 5.06. The Bertz CT molecular complexity index is 327. The van der Waals surface area contributed by atoms with E-state index in [2.05, 4.69) is 51.8 Å². The van der Waals surface area contributed by atoms with Gasteiger partial charge in [0.1, 0.15) is 0 Å². The van der Waals surface area contributed by atoms with Crippen molar-refractivity contribution in [3.8, 4) is 0 Å². The number of nitrogens with one attached hydrogen (secondary N) is 1. The third-order valence-corrected chi connectivity index (χ3v) is 5.40. The van der Waals surface area contributed by atoms with E-state index in [1.807, 2.05) is 0 Å². The van der Waals surface area contributed by atoms with Crippen LogP contribution in [0, 0.1) is 11.8 Å². The number of likely N-dealkylation sites (N-methyl/N-ethyl adjacent to an activating group) is 1. The van der Waals surface area contributed by atoms with Crippen molar-refractivity contribution < 1.29 is 4.74 Å². The van der Waals surface area contributed by atoms with Crippen molar-refractivity contribution in [2.24, 2.45) is 11.8 Å². The van der Waals surface area contributed by atoms with Gasteiger partial charge in [-0.15, -0.1) is 0 Å². The normalized spacial score (nSPS) is 36.6. The molecular formula is C17H34N2O. The number of hydrogen-bond acceptors (Lipinski definition) is 3. The van der Waals surface area contributed by atoms with Gasteiger partial charge in [0.15, 0.2) is 0 Å². The van der Waals surface area contributed by atoms with Gasteiger partial charge in [-0.25, -0.2) is 0 Å². The summed E-state index contributed by atoms with van der Waals surface area (Å²) < 4.78 is 6.39. The van der Waals surface area contributed by atoms with Crippen molar-refractivity contribution in [1.82, 2.24) is 10.2 Å². The molecule has 2 saturated heterocycles. The van der Waals surface area contributed by atoms with E-state index < -0.39 is 0 Å². The summed E-state index contributed by atoms with van der Waals surface area (Å²) in [7, 11) is 0. The van der Waals surface area contributed by atoms with E-state index in [1.165, 1.54) is 32.5 Å². The lowest BCUT2D eigenvalue weighted by Gasteiger charge is -2.33. The molecule has 0 radical (unpaired) electrons. The van der Waals surface area contributed by atoms with Gasteiger partial charge in [-0.05, 0) is 53.1 Å². The molecule has 20 heavy (non-hydrogen) atoms. The molecule has 0 aromatic carbocycles. The molecule has 0 spiro atoms. The largest absolute Gasteiger partial charge is 0.368 e. The first-order chi connectivity index (χ1) is 9.30. The lowest BCUT2D eigenvalue weighted by molar-refractivity contribution is -0.0793. The highest BCUT2D eigenvalue weighted by Gasteiger charge is 2.53. The molecule has 0 saturated carbocycles. The minimum absolute atomic E-state index is 0.0410. The molecule has 118 valence electrons. The maximum atomic E-state index is 6.39. The smallest absolute Gasteiger partial charge is 0.0790 e. The average molecular weight is 282 g/mol. The van der Waals surface area contributed by atoms with E-state index in [0.717, 1.165) is 12.5 Å². The number of hydrogen-bond donors (Lipinski definition) is 1. The summed E-state index contributed by atoms with van der Waals surface area (Å²) in [5.74, 6) is 1.47. The molecule has 3 atom stereocenters. The standard InChI is InChI=1S/C17H34N2O/c1-7-13-9-10-19(11-13)12-14-15(18-8-2)17(5,6)20-16(14,3)4/h13-15,18H,7-12H2,1-6H3. The van der Waals surface area contributed by atoms with E-state index in [0.29, 0.717) is 12.0 Å². The fourth-order valence-corrected chi connectivity index (χ4v) is 4.33. The first-order valence-electron chi connectivity index (χ1n) is 8.46. The van der Waals surface area contributed by atoms with Crippen LogP contribution in [0.1, 0.15) is 54.4 Å². The fourth-order valence-electron chi connectivity index (χ4n) is 4.33. The number of nitrogens with zero attached hydrogens (tertiary/aromatic N) is 1. The highest BCUT2D eigenvalue weighted by Crippen LogP contribution is 2.43. The molecule has 0 aromatic heterocycles. The van der Waals surface area contributed by atoms with Crippen molar-refractivity contribution in [1.29, 1.82) is 0 Å². The van der Waals surface area contributed by atoms with Crippen LogP contribution in [0.4, 0.5) is 0 Å². The van der Waals surface area contributed by atoms with Gasteiger partial charge in [0.05, 0.1) is 11.2 Å². The zero-order chi connectivity index (χ0) is 15.0. The predicted molar refractivity (Wildman–Crippen MR) is 85.0 cm³/mol. The summed E-state index contributed by atoms with van der Waals surface area (Å²) in [5.41, 5.74) is -0.116. The van der Waals surface area contributed by atoms with Gasteiger partial charge in [-0.1, -0.05) is 20.3 Å². The van der Waals surface area contributed by atoms with Gasteiger partial charge in [0, 0.05) is 25.0 Å². The van der Waals surface area contributed by atoms with Crippen LogP contribution in [0.15, 0.2) is 0 Å². The van der Waals surface area contributed by atoms with Gasteiger partial charge in [0.2, 0.25) is 0 Å². The van der Waals surface area contributed by atoms with E-state index in [9.17, 15) is 0 Å². The molecule has 2 rings (SSSR count). The lowest BCUT2D eigenvalue weighted by Crippen LogP contribution is -2.50. The van der Waals surface area contributed by atoms with Crippen molar-refractivity contribution in [3.63, 3.8) is 0 Å². The first kappa shape index (κ1) is 16.3. The van der Waals surface area contributed by atoms with Crippen molar-refractivity contribution in [2.45, 2.75) is 71.6 Å². The minimum Gasteiger partial charge on any atom is -0.368 e. The second-order valence-electron chi connectivity index (χ2n) is 7.77. The van der Waals surface area contributed by atoms with Crippen LogP contribution >= 0.6 is 0 Å². The third kappa shape index (κ3) is 3.20. The summed E-state index contributed by atoms with van der Waals surface area (Å²) in [6.07, 6.45) is 2.70. The van der Waals surface area contributed by atoms with Crippen LogP contribution in [0.25, 0.3) is 0 Å². The van der Waals surface area contributed by atoms with E-state index in [4.69, 9.17) is 4.74 Å². The third-order valence-electron chi connectivity index (χ3n) is 5.40. The summed E-state index contributed by atoms with van der Waals surface area (Å²) in [6.45, 7) is 18.3. The molecule has 0 bridgehead atoms. The average Bonchev–Trinajstić information content (AvgIpc) is 2.85. The Morgan fingerprint density at radius 1 is 1.15 bits per heavy atom. The molecule has 1 N–H and O–H groups in total. The molecule has 0 aromatic rings. The second kappa shape index (κ2) is 5.94. The second-order valence-corrected chi connectivity index (χ2v) is 7.77. The Labute approximate surface area is 125 Å². The predicted octanol–water partition coefficient (Wildman–Crippen LogP) is 2.90. The van der Waals surface area contributed by atoms with Crippen molar-refractivity contribution in [3.05, 3.63) is 0 Å². The Kier molecular flexibility index (Phi) is 4.83. The van der Waals surface area contributed by atoms with Gasteiger partial charge in [-0.3, -0.25) is 0 Å². The van der Waals surface area contributed by atoms with Crippen LogP contribution < -0.4 is 5.32 Å². The summed E-state index contributed by atoms with van der Waals surface area (Å²) >= 11 is 0.